The number of aldehydes is 1. The van der Waals surface area contributed by atoms with E-state index in [1.54, 1.807) is 6.92 Å². The minimum absolute atomic E-state index is 0.101. The zero-order chi connectivity index (χ0) is 16.1. The first-order chi connectivity index (χ1) is 10.3. The maximum absolute atomic E-state index is 13.2. The summed E-state index contributed by atoms with van der Waals surface area (Å²) in [5.74, 6) is 1.14. The molecule has 2 saturated carbocycles. The van der Waals surface area contributed by atoms with Gasteiger partial charge in [0, 0.05) is 5.57 Å². The number of Topliss-reactive ketones (excluding diaryl/α,β-unsaturated/α-hetero) is 1. The lowest BCUT2D eigenvalue weighted by Crippen LogP contribution is -2.65. The van der Waals surface area contributed by atoms with Crippen LogP contribution in [-0.2, 0) is 14.3 Å². The number of allylic oxidation sites excluding steroid dienone is 1. The van der Waals surface area contributed by atoms with Crippen LogP contribution in [0.3, 0.4) is 0 Å². The molecule has 0 spiro atoms. The van der Waals surface area contributed by atoms with E-state index < -0.39 is 11.0 Å². The SMILES string of the molecule is CC1CCC2C(C1)CC1OCC(=CC=O)C(=O)C2(C)C1(C)O. The van der Waals surface area contributed by atoms with Crippen molar-refractivity contribution in [1.82, 2.24) is 0 Å². The second-order valence-corrected chi connectivity index (χ2v) is 7.83. The van der Waals surface area contributed by atoms with Crippen molar-refractivity contribution in [3.8, 4) is 0 Å². The van der Waals surface area contributed by atoms with E-state index in [-0.39, 0.29) is 24.4 Å². The highest BCUT2D eigenvalue weighted by atomic mass is 16.5. The van der Waals surface area contributed by atoms with Gasteiger partial charge in [0.2, 0.25) is 0 Å². The van der Waals surface area contributed by atoms with Gasteiger partial charge < -0.3 is 9.84 Å². The van der Waals surface area contributed by atoms with Gasteiger partial charge in [-0.25, -0.2) is 0 Å². The van der Waals surface area contributed by atoms with Crippen molar-refractivity contribution in [2.75, 3.05) is 6.61 Å². The van der Waals surface area contributed by atoms with Gasteiger partial charge in [0.1, 0.15) is 11.9 Å². The molecule has 3 aliphatic rings. The van der Waals surface area contributed by atoms with Crippen molar-refractivity contribution >= 4 is 12.1 Å². The first kappa shape index (κ1) is 15.9. The van der Waals surface area contributed by atoms with Crippen LogP contribution in [-0.4, -0.2) is 35.5 Å². The fourth-order valence-electron chi connectivity index (χ4n) is 5.16. The zero-order valence-electron chi connectivity index (χ0n) is 13.7. The summed E-state index contributed by atoms with van der Waals surface area (Å²) in [6.07, 6.45) is 5.57. The number of carbonyl (C=O) groups is 2. The number of hydrogen-bond donors (Lipinski definition) is 1. The average molecular weight is 306 g/mol. The van der Waals surface area contributed by atoms with E-state index >= 15 is 0 Å². The van der Waals surface area contributed by atoms with Crippen LogP contribution in [0.5, 0.6) is 0 Å². The van der Waals surface area contributed by atoms with Crippen molar-refractivity contribution in [3.63, 3.8) is 0 Å². The summed E-state index contributed by atoms with van der Waals surface area (Å²) in [4.78, 5) is 24.0. The Hall–Kier alpha value is -1.00. The maximum Gasteiger partial charge on any atom is 0.170 e. The molecule has 3 rings (SSSR count). The number of fused-ring (bicyclic) bond motifs is 4. The maximum atomic E-state index is 13.2. The minimum Gasteiger partial charge on any atom is -0.386 e. The third-order valence-corrected chi connectivity index (χ3v) is 6.65. The molecule has 0 aromatic rings. The van der Waals surface area contributed by atoms with Gasteiger partial charge in [0.15, 0.2) is 5.78 Å². The number of ketones is 1. The summed E-state index contributed by atoms with van der Waals surface area (Å²) in [5, 5.41) is 11.2. The van der Waals surface area contributed by atoms with Gasteiger partial charge in [0.05, 0.1) is 18.1 Å². The molecule has 0 aromatic heterocycles. The van der Waals surface area contributed by atoms with Crippen LogP contribution < -0.4 is 0 Å². The van der Waals surface area contributed by atoms with Crippen LogP contribution in [0.25, 0.3) is 0 Å². The highest BCUT2D eigenvalue weighted by molar-refractivity contribution is 6.03. The molecule has 1 aliphatic heterocycles. The Morgan fingerprint density at radius 3 is 2.68 bits per heavy atom. The summed E-state index contributed by atoms with van der Waals surface area (Å²) in [6.45, 7) is 6.02. The van der Waals surface area contributed by atoms with E-state index in [2.05, 4.69) is 6.92 Å². The fourth-order valence-corrected chi connectivity index (χ4v) is 5.16. The molecule has 22 heavy (non-hydrogen) atoms. The molecule has 6 unspecified atom stereocenters. The van der Waals surface area contributed by atoms with Crippen LogP contribution in [0.2, 0.25) is 0 Å². The summed E-state index contributed by atoms with van der Waals surface area (Å²) < 4.78 is 5.88. The summed E-state index contributed by atoms with van der Waals surface area (Å²) in [7, 11) is 0. The van der Waals surface area contributed by atoms with Crippen LogP contribution in [0.1, 0.15) is 46.5 Å². The minimum atomic E-state index is -1.19. The zero-order valence-corrected chi connectivity index (χ0v) is 13.7. The number of carbonyl (C=O) groups excluding carboxylic acids is 2. The molecule has 0 aromatic carbocycles. The smallest absolute Gasteiger partial charge is 0.170 e. The summed E-state index contributed by atoms with van der Waals surface area (Å²) in [5.41, 5.74) is -1.66. The molecular weight excluding hydrogens is 280 g/mol. The van der Waals surface area contributed by atoms with Crippen molar-refractivity contribution in [2.24, 2.45) is 23.2 Å². The topological polar surface area (TPSA) is 63.6 Å². The predicted molar refractivity (Wildman–Crippen MR) is 82.2 cm³/mol. The summed E-state index contributed by atoms with van der Waals surface area (Å²) >= 11 is 0. The Morgan fingerprint density at radius 1 is 1.27 bits per heavy atom. The Bertz CT molecular complexity index is 521. The van der Waals surface area contributed by atoms with Gasteiger partial charge >= 0.3 is 0 Å². The Balaban J connectivity index is 2.10. The Labute approximate surface area is 131 Å². The van der Waals surface area contributed by atoms with Gasteiger partial charge in [-0.2, -0.15) is 0 Å². The number of ether oxygens (including phenoxy) is 1. The Morgan fingerprint density at radius 2 is 2.00 bits per heavy atom. The molecule has 1 saturated heterocycles. The summed E-state index contributed by atoms with van der Waals surface area (Å²) in [6, 6.07) is 0. The van der Waals surface area contributed by atoms with Crippen LogP contribution in [0, 0.1) is 23.2 Å². The molecular formula is C18H26O4. The third-order valence-electron chi connectivity index (χ3n) is 6.65. The van der Waals surface area contributed by atoms with Crippen LogP contribution in [0.15, 0.2) is 11.6 Å². The molecule has 2 bridgehead atoms. The highest BCUT2D eigenvalue weighted by Crippen LogP contribution is 2.58. The molecule has 2 aliphatic carbocycles. The van der Waals surface area contributed by atoms with E-state index in [1.807, 2.05) is 6.92 Å². The largest absolute Gasteiger partial charge is 0.386 e. The second kappa shape index (κ2) is 5.27. The van der Waals surface area contributed by atoms with Gasteiger partial charge in [-0.15, -0.1) is 0 Å². The average Bonchev–Trinajstić information content (AvgIpc) is 2.50. The molecule has 0 amide bonds. The number of rotatable bonds is 1. The van der Waals surface area contributed by atoms with Crippen molar-refractivity contribution in [3.05, 3.63) is 11.6 Å². The fraction of sp³-hybridized carbons (Fsp3) is 0.778. The first-order valence-electron chi connectivity index (χ1n) is 8.35. The molecule has 4 nitrogen and oxygen atoms in total. The van der Waals surface area contributed by atoms with Gasteiger partial charge in [-0.1, -0.05) is 13.3 Å². The molecule has 1 heterocycles. The van der Waals surface area contributed by atoms with Crippen molar-refractivity contribution in [2.45, 2.75) is 58.2 Å². The van der Waals surface area contributed by atoms with Crippen LogP contribution in [0.4, 0.5) is 0 Å². The van der Waals surface area contributed by atoms with Crippen molar-refractivity contribution in [1.29, 1.82) is 0 Å². The van der Waals surface area contributed by atoms with Gasteiger partial charge in [0.25, 0.3) is 0 Å². The molecule has 4 heteroatoms. The lowest BCUT2D eigenvalue weighted by molar-refractivity contribution is -0.213. The quantitative estimate of drug-likeness (QED) is 0.596. The highest BCUT2D eigenvalue weighted by Gasteiger charge is 2.65. The normalized spacial score (nSPS) is 50.4. The second-order valence-electron chi connectivity index (χ2n) is 7.83. The van der Waals surface area contributed by atoms with E-state index in [4.69, 9.17) is 4.74 Å². The standard InChI is InChI=1S/C18H26O4/c1-11-4-5-14-13(8-11)9-15-18(3,21)17(14,2)16(20)12(6-7-19)10-22-15/h6-7,11,13-15,21H,4-5,8-10H2,1-3H3. The van der Waals surface area contributed by atoms with Gasteiger partial charge in [-0.05, 0) is 56.9 Å². The molecule has 6 atom stereocenters. The van der Waals surface area contributed by atoms with Gasteiger partial charge in [-0.3, -0.25) is 9.59 Å². The van der Waals surface area contributed by atoms with E-state index in [9.17, 15) is 14.7 Å². The number of aliphatic hydroxyl groups is 1. The Kier molecular flexibility index (Phi) is 3.81. The molecule has 122 valence electrons. The lowest BCUT2D eigenvalue weighted by atomic mass is 9.49. The lowest BCUT2D eigenvalue weighted by Gasteiger charge is -2.57. The predicted octanol–water partition coefficient (Wildman–Crippen LogP) is 2.29. The number of hydrogen-bond acceptors (Lipinski definition) is 4. The van der Waals surface area contributed by atoms with E-state index in [1.165, 1.54) is 6.08 Å². The molecule has 0 radical (unpaired) electrons. The van der Waals surface area contributed by atoms with Crippen LogP contribution >= 0.6 is 0 Å². The monoisotopic (exact) mass is 306 g/mol. The van der Waals surface area contributed by atoms with E-state index in [0.29, 0.717) is 23.7 Å². The van der Waals surface area contributed by atoms with E-state index in [0.717, 1.165) is 25.7 Å². The molecule has 3 fully saturated rings. The van der Waals surface area contributed by atoms with Crippen molar-refractivity contribution < 1.29 is 19.4 Å². The first-order valence-corrected chi connectivity index (χ1v) is 8.35. The molecule has 1 N–H and O–H groups in total. The third kappa shape index (κ3) is 2.04.